The lowest BCUT2D eigenvalue weighted by Gasteiger charge is -2.17. The molecule has 1 unspecified atom stereocenters. The Balaban J connectivity index is 0.00000256. The minimum atomic E-state index is -0.750. The Hall–Kier alpha value is -1.20. The summed E-state index contributed by atoms with van der Waals surface area (Å²) in [6, 6.07) is 2.10. The van der Waals surface area contributed by atoms with E-state index in [4.69, 9.17) is 5.73 Å². The largest absolute Gasteiger partial charge is 0.348 e. The van der Waals surface area contributed by atoms with Gasteiger partial charge in [0, 0.05) is 5.56 Å². The van der Waals surface area contributed by atoms with Crippen molar-refractivity contribution in [3.63, 3.8) is 0 Å². The summed E-state index contributed by atoms with van der Waals surface area (Å²) < 4.78 is 26.7. The van der Waals surface area contributed by atoms with E-state index in [1.807, 2.05) is 0 Å². The Morgan fingerprint density at radius 3 is 2.18 bits per heavy atom. The molecule has 0 aliphatic heterocycles. The molecule has 6 heteroatoms. The van der Waals surface area contributed by atoms with Crippen molar-refractivity contribution in [2.75, 3.05) is 0 Å². The molecular weight excluding hydrogens is 250 g/mol. The molecule has 0 spiro atoms. The van der Waals surface area contributed by atoms with Crippen LogP contribution in [0.1, 0.15) is 25.5 Å². The fraction of sp³-hybridized carbons (Fsp3) is 0.364. The van der Waals surface area contributed by atoms with Crippen LogP contribution in [0.25, 0.3) is 0 Å². The van der Waals surface area contributed by atoms with Crippen LogP contribution in [-0.2, 0) is 4.79 Å². The molecular formula is C11H15ClF2N2O. The minimum absolute atomic E-state index is 0. The molecule has 96 valence electrons. The molecule has 17 heavy (non-hydrogen) atoms. The lowest BCUT2D eigenvalue weighted by molar-refractivity contribution is -0.122. The van der Waals surface area contributed by atoms with Gasteiger partial charge in [-0.3, -0.25) is 4.79 Å². The maximum absolute atomic E-state index is 13.3. The van der Waals surface area contributed by atoms with Crippen molar-refractivity contribution in [3.05, 3.63) is 35.4 Å². The molecule has 0 radical (unpaired) electrons. The number of nitrogens with two attached hydrogens (primary N) is 1. The standard InChI is InChI=1S/C11H14F2N2O.ClH/c1-6(14)11(16)15-7(2)10-8(12)4-3-5-9(10)13;/h3-7H,14H2,1-2H3,(H,15,16);1H/t6-,7?;/m0./s1. The fourth-order valence-electron chi connectivity index (χ4n) is 1.34. The van der Waals surface area contributed by atoms with Crippen LogP contribution in [0.4, 0.5) is 8.78 Å². The summed E-state index contributed by atoms with van der Waals surface area (Å²) in [7, 11) is 0. The van der Waals surface area contributed by atoms with Gasteiger partial charge in [0.1, 0.15) is 11.6 Å². The van der Waals surface area contributed by atoms with Crippen LogP contribution in [0.15, 0.2) is 18.2 Å². The predicted octanol–water partition coefficient (Wildman–Crippen LogP) is 1.91. The van der Waals surface area contributed by atoms with E-state index in [-0.39, 0.29) is 18.0 Å². The van der Waals surface area contributed by atoms with Gasteiger partial charge in [-0.25, -0.2) is 8.78 Å². The second kappa shape index (κ2) is 6.51. The summed E-state index contributed by atoms with van der Waals surface area (Å²) in [6.07, 6.45) is 0. The first-order chi connectivity index (χ1) is 7.43. The molecule has 0 heterocycles. The highest BCUT2D eigenvalue weighted by atomic mass is 35.5. The average Bonchev–Trinajstić information content (AvgIpc) is 2.16. The summed E-state index contributed by atoms with van der Waals surface area (Å²) in [5, 5.41) is 2.43. The predicted molar refractivity (Wildman–Crippen MR) is 63.8 cm³/mol. The summed E-state index contributed by atoms with van der Waals surface area (Å²) in [6.45, 7) is 3.00. The SMILES string of the molecule is CC(NC(=O)[C@H](C)N)c1c(F)cccc1F.Cl. The Bertz CT molecular complexity index is 379. The molecule has 1 aromatic carbocycles. The van der Waals surface area contributed by atoms with Crippen LogP contribution in [0.5, 0.6) is 0 Å². The molecule has 0 aromatic heterocycles. The first kappa shape index (κ1) is 15.8. The summed E-state index contributed by atoms with van der Waals surface area (Å²) in [4.78, 5) is 11.3. The quantitative estimate of drug-likeness (QED) is 0.876. The maximum atomic E-state index is 13.3. The van der Waals surface area contributed by atoms with Gasteiger partial charge in [0.25, 0.3) is 0 Å². The molecule has 0 fully saturated rings. The highest BCUT2D eigenvalue weighted by Gasteiger charge is 2.18. The monoisotopic (exact) mass is 264 g/mol. The molecule has 1 aromatic rings. The highest BCUT2D eigenvalue weighted by Crippen LogP contribution is 2.20. The van der Waals surface area contributed by atoms with Crippen LogP contribution in [0.3, 0.4) is 0 Å². The fourth-order valence-corrected chi connectivity index (χ4v) is 1.34. The van der Waals surface area contributed by atoms with Crippen molar-refractivity contribution >= 4 is 18.3 Å². The minimum Gasteiger partial charge on any atom is -0.348 e. The van der Waals surface area contributed by atoms with Crippen LogP contribution in [0.2, 0.25) is 0 Å². The molecule has 1 rings (SSSR count). The lowest BCUT2D eigenvalue weighted by Crippen LogP contribution is -2.39. The number of benzene rings is 1. The van der Waals surface area contributed by atoms with Gasteiger partial charge in [-0.05, 0) is 26.0 Å². The number of amides is 1. The van der Waals surface area contributed by atoms with Gasteiger partial charge < -0.3 is 11.1 Å². The highest BCUT2D eigenvalue weighted by molar-refractivity contribution is 5.85. The van der Waals surface area contributed by atoms with Crippen molar-refractivity contribution in [1.29, 1.82) is 0 Å². The van der Waals surface area contributed by atoms with Crippen LogP contribution in [0, 0.1) is 11.6 Å². The van der Waals surface area contributed by atoms with E-state index < -0.39 is 29.6 Å². The van der Waals surface area contributed by atoms with Crippen molar-refractivity contribution in [3.8, 4) is 0 Å². The molecule has 3 nitrogen and oxygen atoms in total. The maximum Gasteiger partial charge on any atom is 0.237 e. The molecule has 0 saturated heterocycles. The van der Waals surface area contributed by atoms with Gasteiger partial charge in [0.05, 0.1) is 12.1 Å². The topological polar surface area (TPSA) is 55.1 Å². The first-order valence-electron chi connectivity index (χ1n) is 4.93. The number of hydrogen-bond acceptors (Lipinski definition) is 2. The Kier molecular flexibility index (Phi) is 6.05. The number of nitrogens with one attached hydrogen (secondary N) is 1. The van der Waals surface area contributed by atoms with Crippen LogP contribution < -0.4 is 11.1 Å². The van der Waals surface area contributed by atoms with Gasteiger partial charge in [0.2, 0.25) is 5.91 Å². The lowest BCUT2D eigenvalue weighted by atomic mass is 10.1. The molecule has 0 bridgehead atoms. The summed E-state index contributed by atoms with van der Waals surface area (Å²) in [5.74, 6) is -1.81. The van der Waals surface area contributed by atoms with E-state index in [1.165, 1.54) is 19.9 Å². The number of carbonyl (C=O) groups is 1. The van der Waals surface area contributed by atoms with Gasteiger partial charge in [-0.2, -0.15) is 0 Å². The molecule has 0 aliphatic rings. The molecule has 1 amide bonds. The van der Waals surface area contributed by atoms with E-state index in [0.717, 1.165) is 12.1 Å². The normalized spacial score (nSPS) is 13.5. The number of halogens is 3. The van der Waals surface area contributed by atoms with E-state index >= 15 is 0 Å². The smallest absolute Gasteiger partial charge is 0.237 e. The van der Waals surface area contributed by atoms with Crippen molar-refractivity contribution < 1.29 is 13.6 Å². The Labute approximate surface area is 105 Å². The summed E-state index contributed by atoms with van der Waals surface area (Å²) in [5.41, 5.74) is 5.18. The van der Waals surface area contributed by atoms with Crippen LogP contribution >= 0.6 is 12.4 Å². The van der Waals surface area contributed by atoms with Gasteiger partial charge >= 0.3 is 0 Å². The number of rotatable bonds is 3. The summed E-state index contributed by atoms with van der Waals surface area (Å²) >= 11 is 0. The zero-order valence-electron chi connectivity index (χ0n) is 9.54. The van der Waals surface area contributed by atoms with Crippen molar-refractivity contribution in [2.45, 2.75) is 25.9 Å². The molecule has 3 N–H and O–H groups in total. The Morgan fingerprint density at radius 1 is 1.29 bits per heavy atom. The zero-order chi connectivity index (χ0) is 12.3. The number of carbonyl (C=O) groups excluding carboxylic acids is 1. The molecule has 2 atom stereocenters. The Morgan fingerprint density at radius 2 is 1.76 bits per heavy atom. The third-order valence-electron chi connectivity index (χ3n) is 2.21. The second-order valence-electron chi connectivity index (χ2n) is 3.65. The van der Waals surface area contributed by atoms with E-state index in [1.54, 1.807) is 0 Å². The van der Waals surface area contributed by atoms with Gasteiger partial charge in [0.15, 0.2) is 0 Å². The third kappa shape index (κ3) is 3.94. The third-order valence-corrected chi connectivity index (χ3v) is 2.21. The van der Waals surface area contributed by atoms with E-state index in [2.05, 4.69) is 5.32 Å². The zero-order valence-corrected chi connectivity index (χ0v) is 10.4. The average molecular weight is 265 g/mol. The first-order valence-corrected chi connectivity index (χ1v) is 4.93. The van der Waals surface area contributed by atoms with E-state index in [0.29, 0.717) is 0 Å². The van der Waals surface area contributed by atoms with Crippen molar-refractivity contribution in [2.24, 2.45) is 5.73 Å². The van der Waals surface area contributed by atoms with Crippen molar-refractivity contribution in [1.82, 2.24) is 5.32 Å². The van der Waals surface area contributed by atoms with Gasteiger partial charge in [-0.15, -0.1) is 12.4 Å². The van der Waals surface area contributed by atoms with E-state index in [9.17, 15) is 13.6 Å². The molecule has 0 saturated carbocycles. The van der Waals surface area contributed by atoms with Crippen LogP contribution in [-0.4, -0.2) is 11.9 Å². The molecule has 0 aliphatic carbocycles. The van der Waals surface area contributed by atoms with Gasteiger partial charge in [-0.1, -0.05) is 6.07 Å². The number of hydrogen-bond donors (Lipinski definition) is 2. The second-order valence-corrected chi connectivity index (χ2v) is 3.65.